The second-order valence-electron chi connectivity index (χ2n) is 8.15. The van der Waals surface area contributed by atoms with Crippen LogP contribution in [0.25, 0.3) is 43.4 Å². The average molecular weight is 335 g/mol. The molecule has 0 unspecified atom stereocenters. The molecule has 5 rings (SSSR count). The minimum Gasteiger partial charge on any atom is -0.260 e. The summed E-state index contributed by atoms with van der Waals surface area (Å²) in [7, 11) is 0. The summed E-state index contributed by atoms with van der Waals surface area (Å²) in [5.74, 6) is 0. The summed E-state index contributed by atoms with van der Waals surface area (Å²) in [6.07, 6.45) is 2.02. The summed E-state index contributed by atoms with van der Waals surface area (Å²) < 4.78 is 0. The maximum Gasteiger partial charge on any atom is 0.0457 e. The summed E-state index contributed by atoms with van der Waals surface area (Å²) >= 11 is 0. The minimum atomic E-state index is 0.0706. The predicted molar refractivity (Wildman–Crippen MR) is 112 cm³/mol. The van der Waals surface area contributed by atoms with Gasteiger partial charge in [0.15, 0.2) is 0 Å². The highest BCUT2D eigenvalue weighted by molar-refractivity contribution is 6.25. The fourth-order valence-corrected chi connectivity index (χ4v) is 3.98. The van der Waals surface area contributed by atoms with Crippen LogP contribution in [0.2, 0.25) is 0 Å². The molecular weight excluding hydrogens is 314 g/mol. The average Bonchev–Trinajstić information content (AvgIpc) is 2.65. The zero-order valence-corrected chi connectivity index (χ0v) is 15.4. The molecule has 0 aliphatic rings. The van der Waals surface area contributed by atoms with Gasteiger partial charge in [0.2, 0.25) is 0 Å². The van der Waals surface area contributed by atoms with Gasteiger partial charge in [0, 0.05) is 22.9 Å². The van der Waals surface area contributed by atoms with Gasteiger partial charge in [-0.2, -0.15) is 0 Å². The lowest BCUT2D eigenvalue weighted by atomic mass is 9.89. The molecule has 0 radical (unpaired) electrons. The highest BCUT2D eigenvalue weighted by atomic mass is 14.7. The van der Waals surface area contributed by atoms with Gasteiger partial charge in [0.05, 0.1) is 0 Å². The molecule has 0 aliphatic carbocycles. The van der Waals surface area contributed by atoms with E-state index in [4.69, 9.17) is 4.98 Å². The van der Waals surface area contributed by atoms with Crippen molar-refractivity contribution in [3.8, 4) is 11.1 Å². The van der Waals surface area contributed by atoms with Crippen molar-refractivity contribution in [1.82, 2.24) is 4.98 Å². The first-order chi connectivity index (χ1) is 12.5. The molecule has 26 heavy (non-hydrogen) atoms. The van der Waals surface area contributed by atoms with Crippen LogP contribution in [-0.2, 0) is 5.41 Å². The largest absolute Gasteiger partial charge is 0.260 e. The summed E-state index contributed by atoms with van der Waals surface area (Å²) in [5, 5.41) is 7.93. The number of aromatic nitrogens is 1. The molecule has 0 amide bonds. The summed E-state index contributed by atoms with van der Waals surface area (Å²) in [6.45, 7) is 6.60. The van der Waals surface area contributed by atoms with Gasteiger partial charge >= 0.3 is 0 Å². The van der Waals surface area contributed by atoms with Crippen LogP contribution in [0.1, 0.15) is 26.5 Å². The van der Waals surface area contributed by atoms with Crippen LogP contribution < -0.4 is 0 Å². The standard InChI is InChI=1S/C25H21N/c1-25(2,3)22-14-11-19(15-26-22)20-12-9-18-8-7-16-5-4-6-17-10-13-21(20)24(18)23(16)17/h4-15H,1-3H3. The summed E-state index contributed by atoms with van der Waals surface area (Å²) in [5.41, 5.74) is 3.62. The first-order valence-electron chi connectivity index (χ1n) is 9.16. The number of nitrogens with zero attached hydrogens (tertiary/aromatic N) is 1. The third-order valence-corrected chi connectivity index (χ3v) is 5.37. The second-order valence-corrected chi connectivity index (χ2v) is 8.15. The van der Waals surface area contributed by atoms with Crippen molar-refractivity contribution in [2.75, 3.05) is 0 Å². The zero-order chi connectivity index (χ0) is 17.9. The Bertz CT molecular complexity index is 1230. The van der Waals surface area contributed by atoms with Crippen LogP contribution in [-0.4, -0.2) is 4.98 Å². The molecule has 0 saturated carbocycles. The smallest absolute Gasteiger partial charge is 0.0457 e. The van der Waals surface area contributed by atoms with Crippen LogP contribution in [0.3, 0.4) is 0 Å². The number of benzene rings is 4. The van der Waals surface area contributed by atoms with Gasteiger partial charge in [-0.15, -0.1) is 0 Å². The van der Waals surface area contributed by atoms with E-state index in [-0.39, 0.29) is 5.41 Å². The fourth-order valence-electron chi connectivity index (χ4n) is 3.98. The monoisotopic (exact) mass is 335 g/mol. The summed E-state index contributed by atoms with van der Waals surface area (Å²) in [4.78, 5) is 4.74. The Morgan fingerprint density at radius 1 is 0.654 bits per heavy atom. The van der Waals surface area contributed by atoms with Crippen molar-refractivity contribution in [1.29, 1.82) is 0 Å². The lowest BCUT2D eigenvalue weighted by molar-refractivity contribution is 0.569. The van der Waals surface area contributed by atoms with Crippen molar-refractivity contribution >= 4 is 32.3 Å². The quantitative estimate of drug-likeness (QED) is 0.302. The minimum absolute atomic E-state index is 0.0706. The molecule has 0 bridgehead atoms. The van der Waals surface area contributed by atoms with E-state index in [1.54, 1.807) is 0 Å². The molecule has 1 aromatic heterocycles. The van der Waals surface area contributed by atoms with Gasteiger partial charge in [-0.25, -0.2) is 0 Å². The van der Waals surface area contributed by atoms with Crippen molar-refractivity contribution < 1.29 is 0 Å². The van der Waals surface area contributed by atoms with E-state index in [2.05, 4.69) is 87.5 Å². The number of hydrogen-bond donors (Lipinski definition) is 0. The Balaban J connectivity index is 1.81. The SMILES string of the molecule is CC(C)(C)c1ccc(-c2ccc3ccc4cccc5ccc2c3c45)cn1. The lowest BCUT2D eigenvalue weighted by Gasteiger charge is -2.18. The fraction of sp³-hybridized carbons (Fsp3) is 0.160. The molecule has 0 spiro atoms. The second kappa shape index (κ2) is 5.28. The van der Waals surface area contributed by atoms with Crippen molar-refractivity contribution in [2.24, 2.45) is 0 Å². The normalized spacial score (nSPS) is 12.4. The number of hydrogen-bond acceptors (Lipinski definition) is 1. The number of pyridine rings is 1. The molecule has 0 saturated heterocycles. The molecule has 0 N–H and O–H groups in total. The van der Waals surface area contributed by atoms with Crippen molar-refractivity contribution in [2.45, 2.75) is 26.2 Å². The molecule has 1 heteroatoms. The van der Waals surface area contributed by atoms with Crippen LogP contribution in [0.15, 0.2) is 72.9 Å². The van der Waals surface area contributed by atoms with E-state index in [9.17, 15) is 0 Å². The maximum atomic E-state index is 4.74. The van der Waals surface area contributed by atoms with Crippen LogP contribution >= 0.6 is 0 Å². The number of rotatable bonds is 1. The third-order valence-electron chi connectivity index (χ3n) is 5.37. The zero-order valence-electron chi connectivity index (χ0n) is 15.4. The molecule has 126 valence electrons. The van der Waals surface area contributed by atoms with Crippen molar-refractivity contribution in [3.63, 3.8) is 0 Å². The van der Waals surface area contributed by atoms with E-state index in [0.29, 0.717) is 0 Å². The topological polar surface area (TPSA) is 12.9 Å². The van der Waals surface area contributed by atoms with E-state index in [1.807, 2.05) is 6.20 Å². The van der Waals surface area contributed by atoms with Crippen molar-refractivity contribution in [3.05, 3.63) is 78.6 Å². The molecule has 0 aliphatic heterocycles. The molecule has 5 aromatic rings. The van der Waals surface area contributed by atoms with Gasteiger partial charge in [-0.05, 0) is 43.9 Å². The van der Waals surface area contributed by atoms with E-state index >= 15 is 0 Å². The Labute approximate surface area is 153 Å². The Kier molecular flexibility index (Phi) is 3.12. The Morgan fingerprint density at radius 3 is 1.96 bits per heavy atom. The van der Waals surface area contributed by atoms with Gasteiger partial charge in [0.25, 0.3) is 0 Å². The highest BCUT2D eigenvalue weighted by Gasteiger charge is 2.16. The predicted octanol–water partition coefficient (Wildman–Crippen LogP) is 6.94. The van der Waals surface area contributed by atoms with E-state index in [0.717, 1.165) is 5.69 Å². The van der Waals surface area contributed by atoms with Crippen LogP contribution in [0, 0.1) is 0 Å². The Morgan fingerprint density at radius 2 is 1.31 bits per heavy atom. The Hall–Kier alpha value is -2.93. The van der Waals surface area contributed by atoms with E-state index in [1.165, 1.54) is 43.4 Å². The molecule has 0 fully saturated rings. The molecule has 4 aromatic carbocycles. The molecule has 1 heterocycles. The lowest BCUT2D eigenvalue weighted by Crippen LogP contribution is -2.12. The maximum absolute atomic E-state index is 4.74. The molecular formula is C25H21N. The van der Waals surface area contributed by atoms with Gasteiger partial charge in [-0.1, -0.05) is 81.4 Å². The van der Waals surface area contributed by atoms with Gasteiger partial charge in [0.1, 0.15) is 0 Å². The van der Waals surface area contributed by atoms with Gasteiger partial charge in [-0.3, -0.25) is 4.98 Å². The van der Waals surface area contributed by atoms with Crippen LogP contribution in [0.4, 0.5) is 0 Å². The van der Waals surface area contributed by atoms with Crippen LogP contribution in [0.5, 0.6) is 0 Å². The highest BCUT2D eigenvalue weighted by Crippen LogP contribution is 2.39. The molecule has 1 nitrogen and oxygen atoms in total. The first kappa shape index (κ1) is 15.3. The van der Waals surface area contributed by atoms with E-state index < -0.39 is 0 Å². The third kappa shape index (κ3) is 2.20. The molecule has 0 atom stereocenters. The summed E-state index contributed by atoms with van der Waals surface area (Å²) in [6, 6.07) is 24.3. The van der Waals surface area contributed by atoms with Gasteiger partial charge < -0.3 is 0 Å². The first-order valence-corrected chi connectivity index (χ1v) is 9.16.